The van der Waals surface area contributed by atoms with Crippen LogP contribution in [0.4, 0.5) is 11.4 Å². The molecular formula is C13H16N4O. The predicted octanol–water partition coefficient (Wildman–Crippen LogP) is 1.89. The molecule has 1 amide bonds. The normalized spacial score (nSPS) is 10.4. The van der Waals surface area contributed by atoms with Crippen LogP contribution in [0.2, 0.25) is 0 Å². The van der Waals surface area contributed by atoms with Gasteiger partial charge >= 0.3 is 0 Å². The van der Waals surface area contributed by atoms with E-state index >= 15 is 0 Å². The fraction of sp³-hybridized carbons (Fsp3) is 0.231. The van der Waals surface area contributed by atoms with Crippen LogP contribution in [0.25, 0.3) is 0 Å². The molecule has 1 aromatic heterocycles. The van der Waals surface area contributed by atoms with Crippen LogP contribution >= 0.6 is 0 Å². The van der Waals surface area contributed by atoms with Gasteiger partial charge in [-0.15, -0.1) is 0 Å². The van der Waals surface area contributed by atoms with Crippen molar-refractivity contribution in [3.05, 3.63) is 41.2 Å². The van der Waals surface area contributed by atoms with E-state index in [1.807, 2.05) is 26.0 Å². The zero-order valence-corrected chi connectivity index (χ0v) is 10.7. The van der Waals surface area contributed by atoms with Gasteiger partial charge < -0.3 is 10.6 Å². The quantitative estimate of drug-likeness (QED) is 0.847. The van der Waals surface area contributed by atoms with Crippen molar-refractivity contribution >= 4 is 17.3 Å². The van der Waals surface area contributed by atoms with Gasteiger partial charge in [-0.3, -0.25) is 9.89 Å². The standard InChI is InChI=1S/C13H16N4O/c1-8-4-9(2)6-10(5-8)17(3)13(18)12-11(14)7-15-16-12/h4-7H,14H2,1-3H3,(H,15,16). The van der Waals surface area contributed by atoms with Crippen molar-refractivity contribution in [2.24, 2.45) is 0 Å². The topological polar surface area (TPSA) is 75.0 Å². The number of anilines is 2. The lowest BCUT2D eigenvalue weighted by atomic mass is 10.1. The van der Waals surface area contributed by atoms with Crippen LogP contribution < -0.4 is 10.6 Å². The molecule has 94 valence electrons. The van der Waals surface area contributed by atoms with Crippen molar-refractivity contribution in [2.75, 3.05) is 17.7 Å². The average molecular weight is 244 g/mol. The van der Waals surface area contributed by atoms with Gasteiger partial charge in [-0.1, -0.05) is 6.07 Å². The summed E-state index contributed by atoms with van der Waals surface area (Å²) < 4.78 is 0. The number of carbonyl (C=O) groups excluding carboxylic acids is 1. The Morgan fingerprint density at radius 3 is 2.39 bits per heavy atom. The van der Waals surface area contributed by atoms with E-state index < -0.39 is 0 Å². The number of nitrogens with zero attached hydrogens (tertiary/aromatic N) is 2. The Hall–Kier alpha value is -2.30. The Labute approximate surface area is 106 Å². The fourth-order valence-electron chi connectivity index (χ4n) is 1.90. The molecule has 18 heavy (non-hydrogen) atoms. The fourth-order valence-corrected chi connectivity index (χ4v) is 1.90. The summed E-state index contributed by atoms with van der Waals surface area (Å²) in [5, 5.41) is 6.38. The van der Waals surface area contributed by atoms with E-state index in [0.717, 1.165) is 16.8 Å². The van der Waals surface area contributed by atoms with Gasteiger partial charge in [0, 0.05) is 12.7 Å². The third-order valence-electron chi connectivity index (χ3n) is 2.78. The van der Waals surface area contributed by atoms with Crippen LogP contribution in [0, 0.1) is 13.8 Å². The van der Waals surface area contributed by atoms with Gasteiger partial charge in [-0.05, 0) is 37.1 Å². The molecule has 0 spiro atoms. The van der Waals surface area contributed by atoms with Gasteiger partial charge in [0.2, 0.25) is 0 Å². The first-order chi connectivity index (χ1) is 8.49. The van der Waals surface area contributed by atoms with Crippen molar-refractivity contribution in [3.8, 4) is 0 Å². The van der Waals surface area contributed by atoms with Gasteiger partial charge in [0.1, 0.15) is 5.69 Å². The number of hydrogen-bond acceptors (Lipinski definition) is 3. The third-order valence-corrected chi connectivity index (χ3v) is 2.78. The Morgan fingerprint density at radius 1 is 1.28 bits per heavy atom. The van der Waals surface area contributed by atoms with Crippen molar-refractivity contribution in [2.45, 2.75) is 13.8 Å². The molecule has 0 saturated heterocycles. The highest BCUT2D eigenvalue weighted by Gasteiger charge is 2.18. The number of rotatable bonds is 2. The average Bonchev–Trinajstić information content (AvgIpc) is 2.72. The molecule has 0 radical (unpaired) electrons. The smallest absolute Gasteiger partial charge is 0.278 e. The predicted molar refractivity (Wildman–Crippen MR) is 71.6 cm³/mol. The van der Waals surface area contributed by atoms with Crippen LogP contribution in [0.5, 0.6) is 0 Å². The molecule has 2 rings (SSSR count). The number of nitrogen functional groups attached to an aromatic ring is 1. The Kier molecular flexibility index (Phi) is 3.06. The summed E-state index contributed by atoms with van der Waals surface area (Å²) in [7, 11) is 1.72. The summed E-state index contributed by atoms with van der Waals surface area (Å²) in [5.41, 5.74) is 9.42. The third kappa shape index (κ3) is 2.20. The lowest BCUT2D eigenvalue weighted by Crippen LogP contribution is -2.27. The number of aryl methyl sites for hydroxylation is 2. The number of aromatic nitrogens is 2. The minimum Gasteiger partial charge on any atom is -0.396 e. The van der Waals surface area contributed by atoms with Gasteiger partial charge in [0.25, 0.3) is 5.91 Å². The maximum absolute atomic E-state index is 12.2. The molecule has 0 fully saturated rings. The molecular weight excluding hydrogens is 228 g/mol. The van der Waals surface area contributed by atoms with E-state index in [2.05, 4.69) is 16.3 Å². The lowest BCUT2D eigenvalue weighted by Gasteiger charge is -2.18. The van der Waals surface area contributed by atoms with Crippen LogP contribution in [-0.4, -0.2) is 23.2 Å². The first kappa shape index (κ1) is 12.2. The summed E-state index contributed by atoms with van der Waals surface area (Å²) in [4.78, 5) is 13.8. The van der Waals surface area contributed by atoms with E-state index in [-0.39, 0.29) is 5.91 Å². The second-order valence-electron chi connectivity index (χ2n) is 4.41. The summed E-state index contributed by atoms with van der Waals surface area (Å²) in [6.07, 6.45) is 1.43. The number of nitrogens with one attached hydrogen (secondary N) is 1. The number of benzene rings is 1. The number of H-pyrrole nitrogens is 1. The summed E-state index contributed by atoms with van der Waals surface area (Å²) in [6, 6.07) is 5.97. The zero-order chi connectivity index (χ0) is 13.3. The number of carbonyl (C=O) groups is 1. The molecule has 5 nitrogen and oxygen atoms in total. The Bertz CT molecular complexity index is 568. The van der Waals surface area contributed by atoms with Gasteiger partial charge in [-0.2, -0.15) is 5.10 Å². The van der Waals surface area contributed by atoms with Crippen LogP contribution in [0.1, 0.15) is 21.6 Å². The maximum Gasteiger partial charge on any atom is 0.278 e. The highest BCUT2D eigenvalue weighted by Crippen LogP contribution is 2.20. The van der Waals surface area contributed by atoms with E-state index in [9.17, 15) is 4.79 Å². The van der Waals surface area contributed by atoms with Crippen molar-refractivity contribution in [1.82, 2.24) is 10.2 Å². The summed E-state index contributed by atoms with van der Waals surface area (Å²) in [5.74, 6) is -0.199. The van der Waals surface area contributed by atoms with Gasteiger partial charge in [0.05, 0.1) is 11.9 Å². The van der Waals surface area contributed by atoms with Gasteiger partial charge in [0.15, 0.2) is 0 Å². The largest absolute Gasteiger partial charge is 0.396 e. The monoisotopic (exact) mass is 244 g/mol. The molecule has 0 atom stereocenters. The molecule has 2 aromatic rings. The summed E-state index contributed by atoms with van der Waals surface area (Å²) >= 11 is 0. The molecule has 0 saturated carbocycles. The van der Waals surface area contributed by atoms with Crippen molar-refractivity contribution < 1.29 is 4.79 Å². The Morgan fingerprint density at radius 2 is 1.89 bits per heavy atom. The SMILES string of the molecule is Cc1cc(C)cc(N(C)C(=O)c2[nH]ncc2N)c1. The molecule has 0 aliphatic rings. The molecule has 0 unspecified atom stereocenters. The van der Waals surface area contributed by atoms with Crippen LogP contribution in [0.15, 0.2) is 24.4 Å². The molecule has 5 heteroatoms. The van der Waals surface area contributed by atoms with Crippen LogP contribution in [0.3, 0.4) is 0 Å². The molecule has 0 aliphatic heterocycles. The second-order valence-corrected chi connectivity index (χ2v) is 4.41. The highest BCUT2D eigenvalue weighted by molar-refractivity contribution is 6.07. The first-order valence-electron chi connectivity index (χ1n) is 5.64. The first-order valence-corrected chi connectivity index (χ1v) is 5.64. The highest BCUT2D eigenvalue weighted by atomic mass is 16.2. The van der Waals surface area contributed by atoms with E-state index in [1.165, 1.54) is 6.20 Å². The second kappa shape index (κ2) is 4.52. The summed E-state index contributed by atoms with van der Waals surface area (Å²) in [6.45, 7) is 4.00. The van der Waals surface area contributed by atoms with Gasteiger partial charge in [-0.25, -0.2) is 0 Å². The molecule has 0 bridgehead atoms. The van der Waals surface area contributed by atoms with Crippen molar-refractivity contribution in [1.29, 1.82) is 0 Å². The zero-order valence-electron chi connectivity index (χ0n) is 10.7. The maximum atomic E-state index is 12.2. The molecule has 0 aliphatic carbocycles. The van der Waals surface area contributed by atoms with E-state index in [4.69, 9.17) is 5.73 Å². The molecule has 1 aromatic carbocycles. The number of nitrogens with two attached hydrogens (primary N) is 1. The molecule has 1 heterocycles. The number of amides is 1. The number of aromatic amines is 1. The number of hydrogen-bond donors (Lipinski definition) is 2. The van der Waals surface area contributed by atoms with Crippen molar-refractivity contribution in [3.63, 3.8) is 0 Å². The minimum atomic E-state index is -0.199. The van der Waals surface area contributed by atoms with E-state index in [1.54, 1.807) is 11.9 Å². The van der Waals surface area contributed by atoms with E-state index in [0.29, 0.717) is 11.4 Å². The lowest BCUT2D eigenvalue weighted by molar-refractivity contribution is 0.0989. The van der Waals surface area contributed by atoms with Crippen LogP contribution in [-0.2, 0) is 0 Å². The Balaban J connectivity index is 2.34. The molecule has 3 N–H and O–H groups in total. The minimum absolute atomic E-state index is 0.199.